The average molecular weight is 216 g/mol. The van der Waals surface area contributed by atoms with Gasteiger partial charge in [0.1, 0.15) is 5.69 Å². The summed E-state index contributed by atoms with van der Waals surface area (Å²) in [5, 5.41) is 2.87. The Morgan fingerprint density at radius 2 is 2.31 bits per heavy atom. The number of nitrogens with one attached hydrogen (secondary N) is 1. The van der Waals surface area contributed by atoms with Crippen LogP contribution < -0.4 is 5.32 Å². The van der Waals surface area contributed by atoms with Crippen LogP contribution in [0.25, 0.3) is 6.08 Å². The van der Waals surface area contributed by atoms with Gasteiger partial charge in [-0.2, -0.15) is 0 Å². The van der Waals surface area contributed by atoms with Crippen molar-refractivity contribution in [3.8, 4) is 0 Å². The topological polar surface area (TPSA) is 42.0 Å². The van der Waals surface area contributed by atoms with Gasteiger partial charge in [-0.25, -0.2) is 0 Å². The molecule has 2 rings (SSSR count). The van der Waals surface area contributed by atoms with E-state index >= 15 is 0 Å². The molecule has 0 fully saturated rings. The minimum absolute atomic E-state index is 0.0848. The predicted octanol–water partition coefficient (Wildman–Crippen LogP) is 2.18. The number of hydrogen-bond donors (Lipinski definition) is 1. The molecule has 0 unspecified atom stereocenters. The molecule has 0 saturated heterocycles. The molecule has 0 radical (unpaired) electrons. The summed E-state index contributed by atoms with van der Waals surface area (Å²) in [5.41, 5.74) is 2.74. The summed E-state index contributed by atoms with van der Waals surface area (Å²) in [5.74, 6) is -0.0848. The van der Waals surface area contributed by atoms with Crippen LogP contribution in [-0.2, 0) is 6.42 Å². The van der Waals surface area contributed by atoms with Crippen molar-refractivity contribution in [2.45, 2.75) is 32.7 Å². The van der Waals surface area contributed by atoms with E-state index in [0.29, 0.717) is 5.69 Å². The van der Waals surface area contributed by atoms with Crippen molar-refractivity contribution in [1.29, 1.82) is 0 Å². The number of fused-ring (bicyclic) bond motifs is 1. The summed E-state index contributed by atoms with van der Waals surface area (Å²) in [7, 11) is 0. The maximum absolute atomic E-state index is 11.9. The van der Waals surface area contributed by atoms with E-state index in [0.717, 1.165) is 18.4 Å². The molecule has 0 bridgehead atoms. The van der Waals surface area contributed by atoms with E-state index in [-0.39, 0.29) is 11.9 Å². The lowest BCUT2D eigenvalue weighted by molar-refractivity contribution is 0.0938. The van der Waals surface area contributed by atoms with Crippen molar-refractivity contribution >= 4 is 12.0 Å². The number of rotatable bonds is 2. The minimum Gasteiger partial charge on any atom is -0.349 e. The highest BCUT2D eigenvalue weighted by Gasteiger charge is 2.16. The highest BCUT2D eigenvalue weighted by atomic mass is 16.1. The first-order chi connectivity index (χ1) is 7.68. The standard InChI is InChI=1S/C13H16N2O/c1-9(2)15-13(16)12-11-6-4-3-5-10(11)7-8-14-12/h4,6-9H,3,5H2,1-2H3,(H,15,16). The Kier molecular flexibility index (Phi) is 3.04. The van der Waals surface area contributed by atoms with Gasteiger partial charge in [0.25, 0.3) is 5.91 Å². The van der Waals surface area contributed by atoms with Crippen molar-refractivity contribution in [1.82, 2.24) is 10.3 Å². The Labute approximate surface area is 95.6 Å². The molecule has 0 spiro atoms. The number of aromatic nitrogens is 1. The number of allylic oxidation sites excluding steroid dienone is 1. The van der Waals surface area contributed by atoms with Crippen LogP contribution in [0.5, 0.6) is 0 Å². The average Bonchev–Trinajstić information content (AvgIpc) is 2.27. The molecular formula is C13H16N2O. The molecular weight excluding hydrogens is 200 g/mol. The van der Waals surface area contributed by atoms with Gasteiger partial charge in [-0.1, -0.05) is 12.2 Å². The second-order valence-electron chi connectivity index (χ2n) is 4.30. The fourth-order valence-corrected chi connectivity index (χ4v) is 1.87. The normalized spacial score (nSPS) is 13.7. The first-order valence-electron chi connectivity index (χ1n) is 5.64. The first-order valence-corrected chi connectivity index (χ1v) is 5.64. The third-order valence-corrected chi connectivity index (χ3v) is 2.58. The van der Waals surface area contributed by atoms with E-state index in [2.05, 4.69) is 16.4 Å². The smallest absolute Gasteiger partial charge is 0.270 e. The highest BCUT2D eigenvalue weighted by Crippen LogP contribution is 2.21. The molecule has 3 heteroatoms. The maximum Gasteiger partial charge on any atom is 0.270 e. The number of amides is 1. The monoisotopic (exact) mass is 216 g/mol. The van der Waals surface area contributed by atoms with Gasteiger partial charge in [0.15, 0.2) is 0 Å². The Bertz CT molecular complexity index is 436. The molecule has 84 valence electrons. The van der Waals surface area contributed by atoms with E-state index in [1.807, 2.05) is 26.0 Å². The third kappa shape index (κ3) is 2.13. The van der Waals surface area contributed by atoms with Crippen LogP contribution in [0.2, 0.25) is 0 Å². The van der Waals surface area contributed by atoms with Gasteiger partial charge < -0.3 is 5.32 Å². The maximum atomic E-state index is 11.9. The zero-order valence-corrected chi connectivity index (χ0v) is 9.66. The largest absolute Gasteiger partial charge is 0.349 e. The number of aryl methyl sites for hydroxylation is 1. The lowest BCUT2D eigenvalue weighted by atomic mass is 9.96. The third-order valence-electron chi connectivity index (χ3n) is 2.58. The number of nitrogens with zero attached hydrogens (tertiary/aromatic N) is 1. The van der Waals surface area contributed by atoms with Crippen molar-refractivity contribution in [2.75, 3.05) is 0 Å². The van der Waals surface area contributed by atoms with Crippen molar-refractivity contribution in [3.05, 3.63) is 35.2 Å². The van der Waals surface area contributed by atoms with Gasteiger partial charge in [0.05, 0.1) is 0 Å². The second-order valence-corrected chi connectivity index (χ2v) is 4.30. The van der Waals surface area contributed by atoms with Crippen LogP contribution in [-0.4, -0.2) is 16.9 Å². The SMILES string of the molecule is CC(C)NC(=O)c1nccc2c1C=CCC2. The van der Waals surface area contributed by atoms with Gasteiger partial charge in [0, 0.05) is 17.8 Å². The highest BCUT2D eigenvalue weighted by molar-refractivity contribution is 5.96. The molecule has 3 nitrogen and oxygen atoms in total. The van der Waals surface area contributed by atoms with Crippen molar-refractivity contribution in [3.63, 3.8) is 0 Å². The van der Waals surface area contributed by atoms with E-state index in [1.54, 1.807) is 6.20 Å². The van der Waals surface area contributed by atoms with Crippen LogP contribution >= 0.6 is 0 Å². The number of carbonyl (C=O) groups excluding carboxylic acids is 1. The van der Waals surface area contributed by atoms with Gasteiger partial charge >= 0.3 is 0 Å². The molecule has 1 N–H and O–H groups in total. The van der Waals surface area contributed by atoms with Crippen LogP contribution in [0, 0.1) is 0 Å². The van der Waals surface area contributed by atoms with Gasteiger partial charge in [-0.3, -0.25) is 9.78 Å². The van der Waals surface area contributed by atoms with E-state index in [9.17, 15) is 4.79 Å². The summed E-state index contributed by atoms with van der Waals surface area (Å²) in [6.07, 6.45) is 7.85. The predicted molar refractivity (Wildman–Crippen MR) is 64.2 cm³/mol. The lowest BCUT2D eigenvalue weighted by Crippen LogP contribution is -2.31. The van der Waals surface area contributed by atoms with Crippen LogP contribution in [0.3, 0.4) is 0 Å². The molecule has 1 aromatic rings. The van der Waals surface area contributed by atoms with Gasteiger partial charge in [0.2, 0.25) is 0 Å². The molecule has 1 aliphatic carbocycles. The minimum atomic E-state index is -0.0848. The summed E-state index contributed by atoms with van der Waals surface area (Å²) in [6.45, 7) is 3.90. The summed E-state index contributed by atoms with van der Waals surface area (Å²) in [4.78, 5) is 16.1. The molecule has 1 heterocycles. The van der Waals surface area contributed by atoms with E-state index in [4.69, 9.17) is 0 Å². The number of carbonyl (C=O) groups is 1. The molecule has 0 aromatic carbocycles. The van der Waals surface area contributed by atoms with Crippen LogP contribution in [0.15, 0.2) is 18.3 Å². The lowest BCUT2D eigenvalue weighted by Gasteiger charge is -2.14. The summed E-state index contributed by atoms with van der Waals surface area (Å²) < 4.78 is 0. The molecule has 1 aromatic heterocycles. The Hall–Kier alpha value is -1.64. The zero-order valence-electron chi connectivity index (χ0n) is 9.66. The second kappa shape index (κ2) is 4.47. The summed E-state index contributed by atoms with van der Waals surface area (Å²) >= 11 is 0. The summed E-state index contributed by atoms with van der Waals surface area (Å²) in [6, 6.07) is 2.13. The molecule has 16 heavy (non-hydrogen) atoms. The quantitative estimate of drug-likeness (QED) is 0.823. The van der Waals surface area contributed by atoms with Crippen molar-refractivity contribution in [2.24, 2.45) is 0 Å². The molecule has 0 atom stereocenters. The molecule has 1 amide bonds. The van der Waals surface area contributed by atoms with Gasteiger partial charge in [-0.05, 0) is 38.3 Å². The molecule has 0 aliphatic heterocycles. The number of hydrogen-bond acceptors (Lipinski definition) is 2. The Balaban J connectivity index is 2.35. The number of pyridine rings is 1. The fraction of sp³-hybridized carbons (Fsp3) is 0.385. The fourth-order valence-electron chi connectivity index (χ4n) is 1.87. The van der Waals surface area contributed by atoms with Crippen LogP contribution in [0.4, 0.5) is 0 Å². The molecule has 0 saturated carbocycles. The van der Waals surface area contributed by atoms with Crippen molar-refractivity contribution < 1.29 is 4.79 Å². The Morgan fingerprint density at radius 3 is 3.06 bits per heavy atom. The van der Waals surface area contributed by atoms with E-state index < -0.39 is 0 Å². The zero-order chi connectivity index (χ0) is 11.5. The van der Waals surface area contributed by atoms with E-state index in [1.165, 1.54) is 5.56 Å². The van der Waals surface area contributed by atoms with Gasteiger partial charge in [-0.15, -0.1) is 0 Å². The Morgan fingerprint density at radius 1 is 1.50 bits per heavy atom. The first kappa shape index (κ1) is 10.9. The molecule has 1 aliphatic rings. The van der Waals surface area contributed by atoms with Crippen LogP contribution in [0.1, 0.15) is 41.9 Å².